The molecule has 2 rings (SSSR count). The first-order valence-corrected chi connectivity index (χ1v) is 7.78. The summed E-state index contributed by atoms with van der Waals surface area (Å²) in [7, 11) is 0. The highest BCUT2D eigenvalue weighted by Gasteiger charge is 2.22. The predicted molar refractivity (Wildman–Crippen MR) is 83.6 cm³/mol. The van der Waals surface area contributed by atoms with Gasteiger partial charge in [-0.2, -0.15) is 0 Å². The van der Waals surface area contributed by atoms with Crippen molar-refractivity contribution >= 4 is 11.9 Å². The zero-order valence-electron chi connectivity index (χ0n) is 13.2. The van der Waals surface area contributed by atoms with Gasteiger partial charge in [-0.25, -0.2) is 9.97 Å². The lowest BCUT2D eigenvalue weighted by Gasteiger charge is -2.34. The number of hydrogen-bond acceptors (Lipinski definition) is 5. The van der Waals surface area contributed by atoms with Crippen molar-refractivity contribution in [3.8, 4) is 0 Å². The Labute approximate surface area is 126 Å². The summed E-state index contributed by atoms with van der Waals surface area (Å²) in [5, 5.41) is 0. The summed E-state index contributed by atoms with van der Waals surface area (Å²) in [5.41, 5.74) is 0.579. The fraction of sp³-hybridized carbons (Fsp3) is 0.667. The molecule has 1 aromatic rings. The first-order valence-electron chi connectivity index (χ1n) is 7.78. The maximum atomic E-state index is 12.4. The van der Waals surface area contributed by atoms with Crippen LogP contribution in [0.4, 0.5) is 5.95 Å². The Morgan fingerprint density at radius 1 is 1.10 bits per heavy atom. The van der Waals surface area contributed by atoms with E-state index in [2.05, 4.69) is 40.5 Å². The molecule has 0 N–H and O–H groups in total. The summed E-state index contributed by atoms with van der Waals surface area (Å²) in [6.07, 6.45) is 3.30. The first kappa shape index (κ1) is 15.7. The van der Waals surface area contributed by atoms with Gasteiger partial charge >= 0.3 is 0 Å². The third kappa shape index (κ3) is 3.69. The molecule has 6 heteroatoms. The quantitative estimate of drug-likeness (QED) is 0.813. The van der Waals surface area contributed by atoms with Crippen molar-refractivity contribution in [3.05, 3.63) is 18.0 Å². The molecule has 1 saturated heterocycles. The third-order valence-electron chi connectivity index (χ3n) is 4.04. The van der Waals surface area contributed by atoms with Crippen molar-refractivity contribution < 1.29 is 4.79 Å². The Hall–Kier alpha value is -1.69. The molecule has 1 aliphatic heterocycles. The van der Waals surface area contributed by atoms with E-state index in [0.29, 0.717) is 11.5 Å². The molecule has 1 aromatic heterocycles. The van der Waals surface area contributed by atoms with Crippen LogP contribution in [0.5, 0.6) is 0 Å². The molecule has 0 radical (unpaired) electrons. The molecule has 0 aromatic carbocycles. The summed E-state index contributed by atoms with van der Waals surface area (Å²) in [6.45, 7) is 12.5. The van der Waals surface area contributed by atoms with E-state index in [1.165, 1.54) is 0 Å². The van der Waals surface area contributed by atoms with Crippen LogP contribution in [0.15, 0.2) is 12.4 Å². The Morgan fingerprint density at radius 2 is 1.67 bits per heavy atom. The van der Waals surface area contributed by atoms with Crippen LogP contribution >= 0.6 is 0 Å². The van der Waals surface area contributed by atoms with Gasteiger partial charge in [0.1, 0.15) is 0 Å². The van der Waals surface area contributed by atoms with Crippen LogP contribution in [0, 0.1) is 0 Å². The zero-order valence-corrected chi connectivity index (χ0v) is 13.2. The maximum absolute atomic E-state index is 12.4. The lowest BCUT2D eigenvalue weighted by atomic mass is 10.2. The van der Waals surface area contributed by atoms with Crippen LogP contribution in [-0.2, 0) is 0 Å². The van der Waals surface area contributed by atoms with Crippen LogP contribution in [0.1, 0.15) is 31.1 Å². The molecule has 0 spiro atoms. The van der Waals surface area contributed by atoms with Crippen LogP contribution in [0.3, 0.4) is 0 Å². The first-order chi connectivity index (χ1) is 10.2. The van der Waals surface area contributed by atoms with Crippen LogP contribution < -0.4 is 4.90 Å². The Morgan fingerprint density at radius 3 is 2.14 bits per heavy atom. The van der Waals surface area contributed by atoms with Gasteiger partial charge in [0.25, 0.3) is 5.91 Å². The van der Waals surface area contributed by atoms with Gasteiger partial charge in [-0.1, -0.05) is 6.92 Å². The van der Waals surface area contributed by atoms with E-state index in [9.17, 15) is 4.79 Å². The number of nitrogens with zero attached hydrogens (tertiary/aromatic N) is 5. The fourth-order valence-electron chi connectivity index (χ4n) is 2.55. The number of anilines is 1. The summed E-state index contributed by atoms with van der Waals surface area (Å²) in [4.78, 5) is 27.4. The van der Waals surface area contributed by atoms with Crippen LogP contribution in [0.2, 0.25) is 0 Å². The minimum absolute atomic E-state index is 0.0388. The number of amides is 1. The largest absolute Gasteiger partial charge is 0.341 e. The Kier molecular flexibility index (Phi) is 5.50. The Bertz CT molecular complexity index is 450. The van der Waals surface area contributed by atoms with E-state index in [1.807, 2.05) is 4.90 Å². The van der Waals surface area contributed by atoms with E-state index >= 15 is 0 Å². The van der Waals surface area contributed by atoms with E-state index in [1.54, 1.807) is 12.4 Å². The summed E-state index contributed by atoms with van der Waals surface area (Å²) in [6, 6.07) is 0. The molecule has 0 unspecified atom stereocenters. The standard InChI is InChI=1S/C15H25N5O/c1-4-18-7-9-20(10-8-18)14(21)13-11-16-15(17-12-13)19(5-2)6-3/h11-12H,4-10H2,1-3H3. The van der Waals surface area contributed by atoms with Crippen LogP contribution in [0.25, 0.3) is 0 Å². The average Bonchev–Trinajstić information content (AvgIpc) is 2.56. The molecule has 116 valence electrons. The normalized spacial score (nSPS) is 16.0. The molecule has 0 aliphatic carbocycles. The van der Waals surface area contributed by atoms with Gasteiger partial charge in [0.2, 0.25) is 5.95 Å². The molecule has 2 heterocycles. The monoisotopic (exact) mass is 291 g/mol. The number of piperazine rings is 1. The summed E-state index contributed by atoms with van der Waals surface area (Å²) >= 11 is 0. The number of likely N-dealkylation sites (N-methyl/N-ethyl adjacent to an activating group) is 1. The summed E-state index contributed by atoms with van der Waals surface area (Å²) < 4.78 is 0. The lowest BCUT2D eigenvalue weighted by molar-refractivity contribution is 0.0642. The molecule has 6 nitrogen and oxygen atoms in total. The molecular formula is C15H25N5O. The van der Waals surface area contributed by atoms with E-state index < -0.39 is 0 Å². The van der Waals surface area contributed by atoms with Crippen LogP contribution in [-0.4, -0.2) is 71.5 Å². The van der Waals surface area contributed by atoms with Crippen molar-refractivity contribution in [2.45, 2.75) is 20.8 Å². The molecule has 0 bridgehead atoms. The fourth-order valence-corrected chi connectivity index (χ4v) is 2.55. The van der Waals surface area contributed by atoms with Gasteiger partial charge in [-0.15, -0.1) is 0 Å². The van der Waals surface area contributed by atoms with Gasteiger partial charge in [0.15, 0.2) is 0 Å². The SMILES string of the molecule is CCN1CCN(C(=O)c2cnc(N(CC)CC)nc2)CC1. The zero-order chi connectivity index (χ0) is 15.2. The lowest BCUT2D eigenvalue weighted by Crippen LogP contribution is -2.48. The summed E-state index contributed by atoms with van der Waals surface area (Å²) in [5.74, 6) is 0.726. The van der Waals surface area contributed by atoms with Gasteiger partial charge in [-0.3, -0.25) is 4.79 Å². The third-order valence-corrected chi connectivity index (χ3v) is 4.04. The van der Waals surface area contributed by atoms with Gasteiger partial charge in [-0.05, 0) is 20.4 Å². The number of rotatable bonds is 5. The second-order valence-electron chi connectivity index (χ2n) is 5.17. The highest BCUT2D eigenvalue weighted by atomic mass is 16.2. The average molecular weight is 291 g/mol. The number of carbonyl (C=O) groups excluding carboxylic acids is 1. The Balaban J connectivity index is 2.00. The molecule has 21 heavy (non-hydrogen) atoms. The highest BCUT2D eigenvalue weighted by molar-refractivity contribution is 5.93. The van der Waals surface area contributed by atoms with Crippen molar-refractivity contribution in [2.24, 2.45) is 0 Å². The second-order valence-corrected chi connectivity index (χ2v) is 5.17. The van der Waals surface area contributed by atoms with Crippen molar-refractivity contribution in [1.82, 2.24) is 19.8 Å². The van der Waals surface area contributed by atoms with Gasteiger partial charge < -0.3 is 14.7 Å². The highest BCUT2D eigenvalue weighted by Crippen LogP contribution is 2.10. The van der Waals surface area contributed by atoms with Crippen molar-refractivity contribution in [2.75, 3.05) is 50.7 Å². The predicted octanol–water partition coefficient (Wildman–Crippen LogP) is 1.10. The molecule has 0 atom stereocenters. The van der Waals surface area contributed by atoms with E-state index in [-0.39, 0.29) is 5.91 Å². The number of carbonyl (C=O) groups is 1. The van der Waals surface area contributed by atoms with Crippen molar-refractivity contribution in [1.29, 1.82) is 0 Å². The molecule has 1 amide bonds. The van der Waals surface area contributed by atoms with Gasteiger partial charge in [0, 0.05) is 51.7 Å². The smallest absolute Gasteiger partial charge is 0.257 e. The van der Waals surface area contributed by atoms with E-state index in [4.69, 9.17) is 0 Å². The van der Waals surface area contributed by atoms with Gasteiger partial charge in [0.05, 0.1) is 5.56 Å². The maximum Gasteiger partial charge on any atom is 0.257 e. The molecule has 1 fully saturated rings. The molecular weight excluding hydrogens is 266 g/mol. The topological polar surface area (TPSA) is 52.6 Å². The second kappa shape index (κ2) is 7.36. The molecule has 1 aliphatic rings. The van der Waals surface area contributed by atoms with Crippen molar-refractivity contribution in [3.63, 3.8) is 0 Å². The van der Waals surface area contributed by atoms with E-state index in [0.717, 1.165) is 45.8 Å². The number of aromatic nitrogens is 2. The minimum Gasteiger partial charge on any atom is -0.341 e. The molecule has 0 saturated carbocycles. The minimum atomic E-state index is 0.0388. The number of hydrogen-bond donors (Lipinski definition) is 0.